The molecule has 32 heavy (non-hydrogen) atoms. The Balaban J connectivity index is 1.22. The summed E-state index contributed by atoms with van der Waals surface area (Å²) in [6.45, 7) is 2.96. The fourth-order valence-electron chi connectivity index (χ4n) is 5.08. The lowest BCUT2D eigenvalue weighted by molar-refractivity contribution is -0.124. The lowest BCUT2D eigenvalue weighted by Crippen LogP contribution is -2.45. The molecule has 2 aliphatic rings. The fraction of sp³-hybridized carbons (Fsp3) is 0.333. The van der Waals surface area contributed by atoms with Crippen LogP contribution in [0.1, 0.15) is 35.3 Å². The molecule has 0 aliphatic carbocycles. The summed E-state index contributed by atoms with van der Waals surface area (Å²) in [6.07, 6.45) is 2.85. The van der Waals surface area contributed by atoms with E-state index in [-0.39, 0.29) is 17.2 Å². The minimum Gasteiger partial charge on any atom is -0.340 e. The van der Waals surface area contributed by atoms with Gasteiger partial charge in [0.1, 0.15) is 5.69 Å². The van der Waals surface area contributed by atoms with E-state index < -0.39 is 0 Å². The molecule has 1 spiro atoms. The SMILES string of the molecule is Cn1c(C(=O)N2CCC3(CCN(C(=O)C#Cc4ccccc4)C3)CC2)cc2ccccc21. The first-order chi connectivity index (χ1) is 15.5. The number of fused-ring (bicyclic) bond motifs is 1. The number of likely N-dealkylation sites (tertiary alicyclic amines) is 2. The maximum Gasteiger partial charge on any atom is 0.298 e. The zero-order chi connectivity index (χ0) is 22.1. The quantitative estimate of drug-likeness (QED) is 0.559. The van der Waals surface area contributed by atoms with Crippen molar-refractivity contribution < 1.29 is 9.59 Å². The van der Waals surface area contributed by atoms with Gasteiger partial charge in [0.2, 0.25) is 0 Å². The van der Waals surface area contributed by atoms with Crippen LogP contribution in [-0.2, 0) is 11.8 Å². The van der Waals surface area contributed by atoms with Crippen molar-refractivity contribution in [2.24, 2.45) is 12.5 Å². The van der Waals surface area contributed by atoms with Gasteiger partial charge in [0.25, 0.3) is 11.8 Å². The first-order valence-corrected chi connectivity index (χ1v) is 11.2. The molecule has 5 nitrogen and oxygen atoms in total. The Kier molecular flexibility index (Phi) is 5.22. The number of benzene rings is 2. The van der Waals surface area contributed by atoms with Gasteiger partial charge >= 0.3 is 0 Å². The van der Waals surface area contributed by atoms with Crippen LogP contribution in [0.3, 0.4) is 0 Å². The van der Waals surface area contributed by atoms with Crippen LogP contribution in [0, 0.1) is 17.3 Å². The van der Waals surface area contributed by atoms with Crippen LogP contribution in [0.25, 0.3) is 10.9 Å². The number of piperidine rings is 1. The summed E-state index contributed by atoms with van der Waals surface area (Å²) >= 11 is 0. The van der Waals surface area contributed by atoms with Gasteiger partial charge in [-0.15, -0.1) is 0 Å². The van der Waals surface area contributed by atoms with E-state index in [0.29, 0.717) is 0 Å². The van der Waals surface area contributed by atoms with Gasteiger partial charge in [-0.25, -0.2) is 0 Å². The van der Waals surface area contributed by atoms with E-state index in [9.17, 15) is 9.59 Å². The molecule has 0 unspecified atom stereocenters. The van der Waals surface area contributed by atoms with E-state index in [1.54, 1.807) is 0 Å². The molecule has 0 atom stereocenters. The highest BCUT2D eigenvalue weighted by Gasteiger charge is 2.42. The number of carbonyl (C=O) groups is 2. The zero-order valence-corrected chi connectivity index (χ0v) is 18.4. The molecule has 2 aromatic carbocycles. The topological polar surface area (TPSA) is 45.6 Å². The number of aromatic nitrogens is 1. The van der Waals surface area contributed by atoms with Crippen molar-refractivity contribution in [3.63, 3.8) is 0 Å². The zero-order valence-electron chi connectivity index (χ0n) is 18.4. The molecule has 3 heterocycles. The van der Waals surface area contributed by atoms with Crippen LogP contribution in [0.5, 0.6) is 0 Å². The number of para-hydroxylation sites is 1. The molecule has 2 saturated heterocycles. The van der Waals surface area contributed by atoms with Crippen LogP contribution in [0.2, 0.25) is 0 Å². The van der Waals surface area contributed by atoms with Crippen LogP contribution in [-0.4, -0.2) is 52.4 Å². The van der Waals surface area contributed by atoms with Crippen molar-refractivity contribution in [1.29, 1.82) is 0 Å². The third-order valence-corrected chi connectivity index (χ3v) is 7.10. The molecule has 5 heteroatoms. The number of nitrogens with zero attached hydrogens (tertiary/aromatic N) is 3. The van der Waals surface area contributed by atoms with Gasteiger partial charge in [0.15, 0.2) is 0 Å². The fourth-order valence-corrected chi connectivity index (χ4v) is 5.08. The van der Waals surface area contributed by atoms with Crippen molar-refractivity contribution >= 4 is 22.7 Å². The summed E-state index contributed by atoms with van der Waals surface area (Å²) in [6, 6.07) is 19.7. The Morgan fingerprint density at radius 3 is 2.25 bits per heavy atom. The van der Waals surface area contributed by atoms with Gasteiger partial charge in [0, 0.05) is 55.6 Å². The molecule has 5 rings (SSSR count). The summed E-state index contributed by atoms with van der Waals surface area (Å²) in [7, 11) is 1.96. The molecule has 162 valence electrons. The van der Waals surface area contributed by atoms with Crippen LogP contribution >= 0.6 is 0 Å². The van der Waals surface area contributed by atoms with Gasteiger partial charge in [-0.2, -0.15) is 0 Å². The second-order valence-electron chi connectivity index (χ2n) is 9.03. The van der Waals surface area contributed by atoms with E-state index >= 15 is 0 Å². The maximum absolute atomic E-state index is 13.2. The van der Waals surface area contributed by atoms with Crippen LogP contribution in [0.15, 0.2) is 60.7 Å². The largest absolute Gasteiger partial charge is 0.340 e. The average Bonchev–Trinajstić information content (AvgIpc) is 3.40. The average molecular weight is 426 g/mol. The first-order valence-electron chi connectivity index (χ1n) is 11.2. The van der Waals surface area contributed by atoms with E-state index in [0.717, 1.165) is 67.6 Å². The van der Waals surface area contributed by atoms with E-state index in [1.165, 1.54) is 0 Å². The Morgan fingerprint density at radius 1 is 0.875 bits per heavy atom. The lowest BCUT2D eigenvalue weighted by Gasteiger charge is -2.39. The summed E-state index contributed by atoms with van der Waals surface area (Å²) < 4.78 is 1.99. The predicted octanol–water partition coefficient (Wildman–Crippen LogP) is 3.68. The Morgan fingerprint density at radius 2 is 1.53 bits per heavy atom. The monoisotopic (exact) mass is 425 g/mol. The summed E-state index contributed by atoms with van der Waals surface area (Å²) in [5.41, 5.74) is 2.78. The van der Waals surface area contributed by atoms with Crippen molar-refractivity contribution in [2.45, 2.75) is 19.3 Å². The number of rotatable bonds is 1. The van der Waals surface area contributed by atoms with Crippen LogP contribution < -0.4 is 0 Å². The third-order valence-electron chi connectivity index (χ3n) is 7.10. The molecule has 0 radical (unpaired) electrons. The molecule has 2 fully saturated rings. The minimum absolute atomic E-state index is 0.0956. The highest BCUT2D eigenvalue weighted by atomic mass is 16.2. The second kappa shape index (κ2) is 8.20. The minimum atomic E-state index is -0.0975. The normalized spacial score (nSPS) is 17.4. The van der Waals surface area contributed by atoms with Gasteiger partial charge in [-0.1, -0.05) is 42.3 Å². The highest BCUT2D eigenvalue weighted by molar-refractivity contribution is 5.98. The lowest BCUT2D eigenvalue weighted by atomic mass is 9.77. The van der Waals surface area contributed by atoms with Crippen molar-refractivity contribution in [1.82, 2.24) is 14.4 Å². The van der Waals surface area contributed by atoms with E-state index in [2.05, 4.69) is 11.8 Å². The number of hydrogen-bond donors (Lipinski definition) is 0. The summed E-state index contributed by atoms with van der Waals surface area (Å²) in [4.78, 5) is 29.7. The van der Waals surface area contributed by atoms with Crippen molar-refractivity contribution in [3.05, 3.63) is 71.9 Å². The Hall–Kier alpha value is -3.52. The standard InChI is InChI=1S/C27H27N3O2/c1-28-23-10-6-5-9-22(23)19-24(28)26(32)29-16-13-27(14-17-29)15-18-30(20-27)25(31)12-11-21-7-3-2-4-8-21/h2-10,19H,13-18,20H2,1H3. The van der Waals surface area contributed by atoms with Gasteiger partial charge in [-0.05, 0) is 48.9 Å². The van der Waals surface area contributed by atoms with Gasteiger partial charge < -0.3 is 14.4 Å². The molecule has 0 saturated carbocycles. The smallest absolute Gasteiger partial charge is 0.298 e. The highest BCUT2D eigenvalue weighted by Crippen LogP contribution is 2.40. The molecular weight excluding hydrogens is 398 g/mol. The number of amides is 2. The molecule has 0 N–H and O–H groups in total. The first kappa shape index (κ1) is 20.4. The van der Waals surface area contributed by atoms with E-state index in [1.807, 2.05) is 82.1 Å². The van der Waals surface area contributed by atoms with Crippen LogP contribution in [0.4, 0.5) is 0 Å². The molecule has 1 aromatic heterocycles. The number of aryl methyl sites for hydroxylation is 1. The Bertz CT molecular complexity index is 1220. The molecule has 3 aromatic rings. The molecule has 2 amide bonds. The maximum atomic E-state index is 13.2. The Labute approximate surface area is 188 Å². The van der Waals surface area contributed by atoms with Crippen molar-refractivity contribution in [2.75, 3.05) is 26.2 Å². The third kappa shape index (κ3) is 3.78. The number of hydrogen-bond acceptors (Lipinski definition) is 2. The summed E-state index contributed by atoms with van der Waals surface area (Å²) in [5, 5.41) is 1.09. The van der Waals surface area contributed by atoms with Gasteiger partial charge in [-0.3, -0.25) is 9.59 Å². The predicted molar refractivity (Wildman–Crippen MR) is 125 cm³/mol. The molecule has 0 bridgehead atoms. The van der Waals surface area contributed by atoms with Crippen molar-refractivity contribution in [3.8, 4) is 11.8 Å². The number of carbonyl (C=O) groups excluding carboxylic acids is 2. The second-order valence-corrected chi connectivity index (χ2v) is 9.03. The molecule has 2 aliphatic heterocycles. The van der Waals surface area contributed by atoms with E-state index in [4.69, 9.17) is 0 Å². The van der Waals surface area contributed by atoms with Gasteiger partial charge in [0.05, 0.1) is 0 Å². The summed E-state index contributed by atoms with van der Waals surface area (Å²) in [5.74, 6) is 5.77. The molecular formula is C27H27N3O2.